The lowest BCUT2D eigenvalue weighted by molar-refractivity contribution is 0.281. The van der Waals surface area contributed by atoms with Crippen molar-refractivity contribution in [1.82, 2.24) is 5.32 Å². The van der Waals surface area contributed by atoms with E-state index in [1.54, 1.807) is 0 Å². The molecule has 3 atom stereocenters. The normalized spacial score (nSPS) is 24.4. The number of nitrogens with zero attached hydrogens (tertiary/aromatic N) is 1. The first-order valence-corrected chi connectivity index (χ1v) is 8.66. The molecule has 0 amide bonds. The number of benzene rings is 1. The summed E-state index contributed by atoms with van der Waals surface area (Å²) in [4.78, 5) is 2.68. The van der Waals surface area contributed by atoms with E-state index in [9.17, 15) is 0 Å². The van der Waals surface area contributed by atoms with E-state index in [2.05, 4.69) is 69.1 Å². The number of hydrogen-bond donors (Lipinski definition) is 1. The second kappa shape index (κ2) is 7.31. The van der Waals surface area contributed by atoms with Crippen molar-refractivity contribution in [3.8, 4) is 0 Å². The summed E-state index contributed by atoms with van der Waals surface area (Å²) in [6.45, 7) is 13.9. The zero-order valence-corrected chi connectivity index (χ0v) is 14.4. The zero-order valence-electron chi connectivity index (χ0n) is 14.4. The molecule has 1 saturated heterocycles. The van der Waals surface area contributed by atoms with Crippen LogP contribution in [0.4, 0.5) is 5.69 Å². The maximum Gasteiger partial charge on any atom is 0.0438 e. The summed E-state index contributed by atoms with van der Waals surface area (Å²) in [6.07, 6.45) is 2.35. The van der Waals surface area contributed by atoms with Crippen LogP contribution in [0, 0.1) is 11.8 Å². The number of nitrogens with one attached hydrogen (secondary N) is 1. The summed E-state index contributed by atoms with van der Waals surface area (Å²) in [5, 5.41) is 3.80. The Bertz CT molecular complexity index is 441. The SMILES string of the molecule is CCc1ccccc1N1CC(C(C)CC)NCC1C(C)C. The van der Waals surface area contributed by atoms with E-state index in [0.717, 1.165) is 25.4 Å². The van der Waals surface area contributed by atoms with Gasteiger partial charge in [-0.3, -0.25) is 0 Å². The molecule has 1 N–H and O–H groups in total. The summed E-state index contributed by atoms with van der Waals surface area (Å²) in [6, 6.07) is 10.2. The lowest BCUT2D eigenvalue weighted by atomic mass is 9.91. The average Bonchev–Trinajstić information content (AvgIpc) is 2.53. The molecule has 0 aromatic heterocycles. The molecule has 0 spiro atoms. The van der Waals surface area contributed by atoms with E-state index < -0.39 is 0 Å². The van der Waals surface area contributed by atoms with Crippen molar-refractivity contribution in [3.05, 3.63) is 29.8 Å². The van der Waals surface area contributed by atoms with Crippen LogP contribution in [0.15, 0.2) is 24.3 Å². The van der Waals surface area contributed by atoms with Crippen LogP contribution in [-0.2, 0) is 6.42 Å². The van der Waals surface area contributed by atoms with Gasteiger partial charge in [0.25, 0.3) is 0 Å². The highest BCUT2D eigenvalue weighted by Crippen LogP contribution is 2.29. The molecule has 2 nitrogen and oxygen atoms in total. The van der Waals surface area contributed by atoms with Gasteiger partial charge in [-0.05, 0) is 29.9 Å². The minimum atomic E-state index is 0.595. The lowest BCUT2D eigenvalue weighted by Crippen LogP contribution is -2.60. The van der Waals surface area contributed by atoms with Crippen LogP contribution in [0.2, 0.25) is 0 Å². The van der Waals surface area contributed by atoms with Gasteiger partial charge in [0.2, 0.25) is 0 Å². The second-order valence-electron chi connectivity index (χ2n) is 6.85. The number of rotatable bonds is 5. The van der Waals surface area contributed by atoms with Crippen molar-refractivity contribution >= 4 is 5.69 Å². The van der Waals surface area contributed by atoms with Gasteiger partial charge in [0.1, 0.15) is 0 Å². The Balaban J connectivity index is 2.29. The summed E-state index contributed by atoms with van der Waals surface area (Å²) >= 11 is 0. The fraction of sp³-hybridized carbons (Fsp3) is 0.684. The molecule has 1 aliphatic heterocycles. The summed E-state index contributed by atoms with van der Waals surface area (Å²) in [5.74, 6) is 1.40. The summed E-state index contributed by atoms with van der Waals surface area (Å²) < 4.78 is 0. The average molecular weight is 288 g/mol. The molecule has 1 aliphatic rings. The first-order valence-electron chi connectivity index (χ1n) is 8.66. The molecule has 0 bridgehead atoms. The molecule has 0 radical (unpaired) electrons. The first-order chi connectivity index (χ1) is 10.1. The van der Waals surface area contributed by atoms with Crippen LogP contribution < -0.4 is 10.2 Å². The molecule has 0 saturated carbocycles. The van der Waals surface area contributed by atoms with Gasteiger partial charge >= 0.3 is 0 Å². The Hall–Kier alpha value is -1.02. The fourth-order valence-electron chi connectivity index (χ4n) is 3.42. The monoisotopic (exact) mass is 288 g/mol. The van der Waals surface area contributed by atoms with Crippen molar-refractivity contribution in [1.29, 1.82) is 0 Å². The molecular formula is C19H32N2. The van der Waals surface area contributed by atoms with Crippen LogP contribution >= 0.6 is 0 Å². The Labute approximate surface area is 130 Å². The van der Waals surface area contributed by atoms with E-state index in [1.165, 1.54) is 17.7 Å². The Morgan fingerprint density at radius 2 is 1.90 bits per heavy atom. The van der Waals surface area contributed by atoms with Crippen molar-refractivity contribution in [3.63, 3.8) is 0 Å². The largest absolute Gasteiger partial charge is 0.365 e. The molecule has 3 unspecified atom stereocenters. The Morgan fingerprint density at radius 3 is 2.52 bits per heavy atom. The number of hydrogen-bond acceptors (Lipinski definition) is 2. The topological polar surface area (TPSA) is 15.3 Å². The van der Waals surface area contributed by atoms with E-state index in [0.29, 0.717) is 18.0 Å². The van der Waals surface area contributed by atoms with Gasteiger partial charge in [-0.1, -0.05) is 59.2 Å². The Kier molecular flexibility index (Phi) is 5.69. The molecule has 1 heterocycles. The van der Waals surface area contributed by atoms with Gasteiger partial charge in [0.05, 0.1) is 0 Å². The van der Waals surface area contributed by atoms with E-state index >= 15 is 0 Å². The molecule has 0 aliphatic carbocycles. The minimum Gasteiger partial charge on any atom is -0.365 e. The maximum absolute atomic E-state index is 3.80. The van der Waals surface area contributed by atoms with Gasteiger partial charge < -0.3 is 10.2 Å². The van der Waals surface area contributed by atoms with Crippen LogP contribution in [0.3, 0.4) is 0 Å². The van der Waals surface area contributed by atoms with Crippen molar-refractivity contribution < 1.29 is 0 Å². The van der Waals surface area contributed by atoms with E-state index in [-0.39, 0.29) is 0 Å². The molecular weight excluding hydrogens is 256 g/mol. The van der Waals surface area contributed by atoms with E-state index in [4.69, 9.17) is 0 Å². The summed E-state index contributed by atoms with van der Waals surface area (Å²) in [7, 11) is 0. The van der Waals surface area contributed by atoms with Gasteiger partial charge in [0.15, 0.2) is 0 Å². The molecule has 21 heavy (non-hydrogen) atoms. The van der Waals surface area contributed by atoms with Gasteiger partial charge in [-0.15, -0.1) is 0 Å². The van der Waals surface area contributed by atoms with Crippen LogP contribution in [0.25, 0.3) is 0 Å². The molecule has 2 rings (SSSR count). The molecule has 1 fully saturated rings. The second-order valence-corrected chi connectivity index (χ2v) is 6.85. The number of anilines is 1. The standard InChI is InChI=1S/C19H32N2/c1-6-15(5)17-13-21(19(12-20-17)14(3)4)18-11-9-8-10-16(18)7-2/h8-11,14-15,17,19-20H,6-7,12-13H2,1-5H3. The third-order valence-electron chi connectivity index (χ3n) is 5.17. The number of piperazine rings is 1. The zero-order chi connectivity index (χ0) is 15.4. The van der Waals surface area contributed by atoms with Gasteiger partial charge in [0, 0.05) is 30.9 Å². The summed E-state index contributed by atoms with van der Waals surface area (Å²) in [5.41, 5.74) is 2.93. The third kappa shape index (κ3) is 3.60. The van der Waals surface area contributed by atoms with Gasteiger partial charge in [-0.25, -0.2) is 0 Å². The van der Waals surface area contributed by atoms with Crippen LogP contribution in [0.1, 0.15) is 46.6 Å². The van der Waals surface area contributed by atoms with E-state index in [1.807, 2.05) is 0 Å². The van der Waals surface area contributed by atoms with Crippen molar-refractivity contribution in [2.45, 2.75) is 59.5 Å². The molecule has 118 valence electrons. The number of para-hydroxylation sites is 1. The number of aryl methyl sites for hydroxylation is 1. The van der Waals surface area contributed by atoms with Crippen LogP contribution in [0.5, 0.6) is 0 Å². The predicted octanol–water partition coefficient (Wildman–Crippen LogP) is 4.10. The first kappa shape index (κ1) is 16.4. The van der Waals surface area contributed by atoms with Crippen LogP contribution in [-0.4, -0.2) is 25.2 Å². The highest BCUT2D eigenvalue weighted by molar-refractivity contribution is 5.55. The predicted molar refractivity (Wildman–Crippen MR) is 93.0 cm³/mol. The molecule has 1 aromatic rings. The lowest BCUT2D eigenvalue weighted by Gasteiger charge is -2.46. The quantitative estimate of drug-likeness (QED) is 0.877. The minimum absolute atomic E-state index is 0.595. The highest BCUT2D eigenvalue weighted by atomic mass is 15.2. The maximum atomic E-state index is 3.80. The molecule has 1 aromatic carbocycles. The van der Waals surface area contributed by atoms with Crippen molar-refractivity contribution in [2.24, 2.45) is 11.8 Å². The van der Waals surface area contributed by atoms with Gasteiger partial charge in [-0.2, -0.15) is 0 Å². The Morgan fingerprint density at radius 1 is 1.19 bits per heavy atom. The fourth-order valence-corrected chi connectivity index (χ4v) is 3.42. The third-order valence-corrected chi connectivity index (χ3v) is 5.17. The van der Waals surface area contributed by atoms with Crippen molar-refractivity contribution in [2.75, 3.05) is 18.0 Å². The smallest absolute Gasteiger partial charge is 0.0438 e. The highest BCUT2D eigenvalue weighted by Gasteiger charge is 2.32. The molecule has 2 heteroatoms.